The molecule has 0 atom stereocenters. The Labute approximate surface area is 224 Å². The Morgan fingerprint density at radius 2 is 1.84 bits per heavy atom. The van der Waals surface area contributed by atoms with E-state index < -0.39 is 17.2 Å². The molecule has 2 aromatic heterocycles. The molecule has 0 saturated heterocycles. The largest absolute Gasteiger partial charge is 0.496 e. The summed E-state index contributed by atoms with van der Waals surface area (Å²) >= 11 is 1.09. The second kappa shape index (κ2) is 12.4. The van der Waals surface area contributed by atoms with Crippen molar-refractivity contribution in [3.8, 4) is 5.75 Å². The number of oxime groups is 1. The van der Waals surface area contributed by atoms with Crippen molar-refractivity contribution in [3.63, 3.8) is 0 Å². The molecule has 12 heteroatoms. The van der Waals surface area contributed by atoms with Crippen LogP contribution in [0.5, 0.6) is 5.75 Å². The van der Waals surface area contributed by atoms with Crippen molar-refractivity contribution in [2.24, 2.45) is 5.16 Å². The van der Waals surface area contributed by atoms with Crippen molar-refractivity contribution in [1.82, 2.24) is 14.2 Å². The molecule has 0 saturated carbocycles. The molecular weight excluding hydrogens is 510 g/mol. The first-order valence-electron chi connectivity index (χ1n) is 11.8. The second-order valence-corrected chi connectivity index (χ2v) is 9.62. The van der Waals surface area contributed by atoms with Gasteiger partial charge in [0.05, 0.1) is 48.0 Å². The summed E-state index contributed by atoms with van der Waals surface area (Å²) in [4.78, 5) is 49.8. The lowest BCUT2D eigenvalue weighted by Crippen LogP contribution is -2.53. The maximum absolute atomic E-state index is 13.7. The summed E-state index contributed by atoms with van der Waals surface area (Å²) in [6.45, 7) is 8.87. The van der Waals surface area contributed by atoms with E-state index in [1.807, 2.05) is 26.0 Å². The lowest BCUT2D eigenvalue weighted by molar-refractivity contribution is 0.0860. The highest BCUT2D eigenvalue weighted by atomic mass is 32.1. The molecule has 3 aromatic rings. The number of aromatic nitrogens is 3. The molecule has 11 nitrogen and oxygen atoms in total. The smallest absolute Gasteiger partial charge is 0.354 e. The highest BCUT2D eigenvalue weighted by molar-refractivity contribution is 7.11. The van der Waals surface area contributed by atoms with E-state index in [9.17, 15) is 14.4 Å². The molecule has 38 heavy (non-hydrogen) atoms. The molecule has 1 aromatic carbocycles. The van der Waals surface area contributed by atoms with E-state index in [0.29, 0.717) is 17.1 Å². The summed E-state index contributed by atoms with van der Waals surface area (Å²) in [5.41, 5.74) is 0.826. The van der Waals surface area contributed by atoms with Gasteiger partial charge >= 0.3 is 5.69 Å². The standard InChI is InChI=1S/C26H31N5O6S/c1-16(2)36-22(19-10-8-9-11-21(19)35-7)14-30-13-20(18(5)28-37-17(3)4)24(32)31(26(30)34)29(6)25(33)23-12-27-15-38-23/h8-17H,1-7H3/b22-14-,28-18+. The van der Waals surface area contributed by atoms with Gasteiger partial charge in [0, 0.05) is 13.2 Å². The normalized spacial score (nSPS) is 12.1. The van der Waals surface area contributed by atoms with Gasteiger partial charge in [-0.1, -0.05) is 17.3 Å². The van der Waals surface area contributed by atoms with Crippen molar-refractivity contribution >= 4 is 34.9 Å². The number of hydrogen-bond donors (Lipinski definition) is 0. The van der Waals surface area contributed by atoms with Crippen LogP contribution in [0, 0.1) is 0 Å². The molecule has 0 bridgehead atoms. The molecule has 0 N–H and O–H groups in total. The maximum atomic E-state index is 13.7. The van der Waals surface area contributed by atoms with Crippen molar-refractivity contribution < 1.29 is 19.1 Å². The zero-order valence-electron chi connectivity index (χ0n) is 22.4. The van der Waals surface area contributed by atoms with E-state index in [-0.39, 0.29) is 28.4 Å². The van der Waals surface area contributed by atoms with Crippen LogP contribution in [0.15, 0.2) is 56.9 Å². The molecule has 202 valence electrons. The Bertz CT molecular complexity index is 1450. The van der Waals surface area contributed by atoms with Crippen molar-refractivity contribution in [2.45, 2.75) is 46.8 Å². The van der Waals surface area contributed by atoms with Gasteiger partial charge in [0.15, 0.2) is 0 Å². The fourth-order valence-electron chi connectivity index (χ4n) is 3.36. The SMILES string of the molecule is COc1ccccc1/C(=C/n1cc(/C(C)=N/OC(C)C)c(=O)n(N(C)C(=O)c2cncs2)c1=O)OC(C)C. The number of para-hydroxylation sites is 1. The van der Waals surface area contributed by atoms with Crippen LogP contribution in [-0.2, 0) is 9.57 Å². The third-order valence-electron chi connectivity index (χ3n) is 5.11. The lowest BCUT2D eigenvalue weighted by Gasteiger charge is -2.21. The number of benzene rings is 1. The van der Waals surface area contributed by atoms with E-state index in [1.165, 1.54) is 42.8 Å². The Morgan fingerprint density at radius 3 is 2.45 bits per heavy atom. The number of carbonyl (C=O) groups excluding carboxylic acids is 1. The monoisotopic (exact) mass is 541 g/mol. The number of hydrogen-bond acceptors (Lipinski definition) is 9. The van der Waals surface area contributed by atoms with Crippen LogP contribution >= 0.6 is 11.3 Å². The summed E-state index contributed by atoms with van der Waals surface area (Å²) in [5.74, 6) is 0.275. The number of thiazole rings is 1. The van der Waals surface area contributed by atoms with E-state index in [0.717, 1.165) is 21.0 Å². The predicted octanol–water partition coefficient (Wildman–Crippen LogP) is 3.41. The van der Waals surface area contributed by atoms with Crippen LogP contribution in [0.3, 0.4) is 0 Å². The number of nitrogens with zero attached hydrogens (tertiary/aromatic N) is 5. The van der Waals surface area contributed by atoms with Crippen LogP contribution in [0.2, 0.25) is 0 Å². The molecule has 0 fully saturated rings. The van der Waals surface area contributed by atoms with Gasteiger partial charge in [-0.3, -0.25) is 19.1 Å². The van der Waals surface area contributed by atoms with Gasteiger partial charge < -0.3 is 14.3 Å². The van der Waals surface area contributed by atoms with E-state index in [1.54, 1.807) is 32.9 Å². The molecule has 1 amide bonds. The Balaban J connectivity index is 2.31. The summed E-state index contributed by atoms with van der Waals surface area (Å²) in [6, 6.07) is 7.18. The molecule has 0 spiro atoms. The minimum absolute atomic E-state index is 0.0504. The Hall–Kier alpha value is -4.19. The number of carbonyl (C=O) groups is 1. The number of ether oxygens (including phenoxy) is 2. The fourth-order valence-corrected chi connectivity index (χ4v) is 3.95. The molecule has 0 unspecified atom stereocenters. The van der Waals surface area contributed by atoms with E-state index in [4.69, 9.17) is 14.3 Å². The molecule has 0 aliphatic heterocycles. The van der Waals surface area contributed by atoms with Gasteiger partial charge in [0.1, 0.15) is 22.5 Å². The first-order valence-corrected chi connectivity index (χ1v) is 12.7. The average Bonchev–Trinajstić information content (AvgIpc) is 3.42. The Kier molecular flexibility index (Phi) is 9.24. The highest BCUT2D eigenvalue weighted by Gasteiger charge is 2.23. The van der Waals surface area contributed by atoms with Crippen LogP contribution in [0.1, 0.15) is 55.4 Å². The van der Waals surface area contributed by atoms with Gasteiger partial charge in [0.25, 0.3) is 11.5 Å². The summed E-state index contributed by atoms with van der Waals surface area (Å²) in [5, 5.41) is 4.99. The van der Waals surface area contributed by atoms with Crippen molar-refractivity contribution in [1.29, 1.82) is 0 Å². The van der Waals surface area contributed by atoms with E-state index in [2.05, 4.69) is 10.1 Å². The third kappa shape index (κ3) is 6.38. The second-order valence-electron chi connectivity index (χ2n) is 8.74. The van der Waals surface area contributed by atoms with Gasteiger partial charge in [-0.2, -0.15) is 4.68 Å². The predicted molar refractivity (Wildman–Crippen MR) is 147 cm³/mol. The lowest BCUT2D eigenvalue weighted by atomic mass is 10.1. The number of rotatable bonds is 10. The van der Waals surface area contributed by atoms with Gasteiger partial charge in [-0.05, 0) is 46.8 Å². The van der Waals surface area contributed by atoms with Crippen LogP contribution in [0.4, 0.5) is 0 Å². The van der Waals surface area contributed by atoms with Crippen LogP contribution in [-0.4, -0.2) is 52.2 Å². The summed E-state index contributed by atoms with van der Waals surface area (Å²) in [7, 11) is 2.87. The summed E-state index contributed by atoms with van der Waals surface area (Å²) < 4.78 is 13.5. The third-order valence-corrected chi connectivity index (χ3v) is 5.87. The van der Waals surface area contributed by atoms with Gasteiger partial charge in [0.2, 0.25) is 0 Å². The van der Waals surface area contributed by atoms with Gasteiger partial charge in [-0.15, -0.1) is 11.3 Å². The quantitative estimate of drug-likeness (QED) is 0.219. The molecule has 0 radical (unpaired) electrons. The van der Waals surface area contributed by atoms with E-state index >= 15 is 0 Å². The average molecular weight is 542 g/mol. The number of methoxy groups -OCH3 is 1. The zero-order chi connectivity index (χ0) is 28.0. The first kappa shape index (κ1) is 28.4. The number of amides is 1. The fraction of sp³-hybridized carbons (Fsp3) is 0.346. The first-order chi connectivity index (χ1) is 18.0. The molecule has 2 heterocycles. The molecule has 0 aliphatic carbocycles. The Morgan fingerprint density at radius 1 is 1.13 bits per heavy atom. The van der Waals surface area contributed by atoms with Crippen molar-refractivity contribution in [2.75, 3.05) is 19.2 Å². The molecule has 0 aliphatic rings. The van der Waals surface area contributed by atoms with Crippen LogP contribution in [0.25, 0.3) is 12.0 Å². The molecule has 3 rings (SSSR count). The summed E-state index contributed by atoms with van der Waals surface area (Å²) in [6.07, 6.45) is 3.68. The van der Waals surface area contributed by atoms with Gasteiger partial charge in [-0.25, -0.2) is 9.80 Å². The zero-order valence-corrected chi connectivity index (χ0v) is 23.2. The maximum Gasteiger partial charge on any atom is 0.354 e. The molecular formula is C26H31N5O6S. The highest BCUT2D eigenvalue weighted by Crippen LogP contribution is 2.28. The minimum Gasteiger partial charge on any atom is -0.496 e. The van der Waals surface area contributed by atoms with Crippen molar-refractivity contribution in [3.05, 3.63) is 79.0 Å². The van der Waals surface area contributed by atoms with Crippen LogP contribution < -0.4 is 21.0 Å². The topological polar surface area (TPSA) is 117 Å². The minimum atomic E-state index is -0.795.